The van der Waals surface area contributed by atoms with E-state index in [1.54, 1.807) is 16.7 Å². The maximum absolute atomic E-state index is 12.4. The van der Waals surface area contributed by atoms with Crippen LogP contribution in [0, 0.1) is 0 Å². The van der Waals surface area contributed by atoms with Crippen molar-refractivity contribution in [1.82, 2.24) is 0 Å². The first-order chi connectivity index (χ1) is 40.6. The summed E-state index contributed by atoms with van der Waals surface area (Å²) in [6.45, 7) is 24.2. The molecule has 0 spiro atoms. The van der Waals surface area contributed by atoms with Gasteiger partial charge in [0.2, 0.25) is 0 Å². The number of fused-ring (bicyclic) bond motifs is 12. The van der Waals surface area contributed by atoms with Crippen molar-refractivity contribution in [2.24, 2.45) is 15.5 Å². The molecule has 0 saturated heterocycles. The van der Waals surface area contributed by atoms with Crippen LogP contribution in [0.1, 0.15) is 326 Å². The smallest absolute Gasteiger partial charge is 0.318 e. The molecule has 0 saturated carbocycles. The van der Waals surface area contributed by atoms with E-state index >= 15 is 0 Å². The van der Waals surface area contributed by atoms with E-state index in [9.17, 15) is 14.4 Å². The molecule has 3 aliphatic rings. The number of carbonyl (C=O) groups is 3. The monoisotopic (exact) mass is 1140 g/mol. The molecule has 0 aliphatic heterocycles. The number of oxime groups is 3. The minimum Gasteiger partial charge on any atom is -0.318 e. The van der Waals surface area contributed by atoms with E-state index in [1.165, 1.54) is 148 Å². The van der Waals surface area contributed by atoms with Gasteiger partial charge in [-0.15, -0.1) is 0 Å². The zero-order valence-electron chi connectivity index (χ0n) is 54.2. The summed E-state index contributed by atoms with van der Waals surface area (Å²) < 4.78 is 0. The molecule has 0 amide bonds. The number of carbonyl (C=O) groups excluding carboxylic acids is 3. The summed E-state index contributed by atoms with van der Waals surface area (Å²) in [7, 11) is 0. The van der Waals surface area contributed by atoms with Gasteiger partial charge in [0.25, 0.3) is 0 Å². The number of rotatable bonds is 36. The molecule has 0 atom stereocenters. The Balaban J connectivity index is 1.79. The van der Waals surface area contributed by atoms with Crippen LogP contribution in [0.3, 0.4) is 0 Å². The number of nitrogens with zero attached hydrogens (tertiary/aromatic N) is 3. The molecule has 3 aliphatic carbocycles. The highest BCUT2D eigenvalue weighted by Gasteiger charge is 2.58. The van der Waals surface area contributed by atoms with Gasteiger partial charge in [0.1, 0.15) is 0 Å². The average Bonchev–Trinajstić information content (AvgIpc) is 1.50. The number of hydrogen-bond donors (Lipinski definition) is 0. The first-order valence-electron chi connectivity index (χ1n) is 33.5. The summed E-state index contributed by atoms with van der Waals surface area (Å²) >= 11 is 0. The maximum atomic E-state index is 12.4. The van der Waals surface area contributed by atoms with Crippen LogP contribution in [0.25, 0.3) is 33.4 Å². The fourth-order valence-electron chi connectivity index (χ4n) is 15.2. The van der Waals surface area contributed by atoms with Crippen LogP contribution in [0.4, 0.5) is 0 Å². The van der Waals surface area contributed by atoms with Gasteiger partial charge in [-0.3, -0.25) is 0 Å². The molecular weight excluding hydrogens is 1040 g/mol. The number of hydrogen-bond acceptors (Lipinski definition) is 9. The van der Waals surface area contributed by atoms with E-state index in [2.05, 4.69) is 112 Å². The fraction of sp³-hybridized carbons (Fsp3) is 0.600. The molecule has 7 rings (SSSR count). The lowest BCUT2D eigenvalue weighted by atomic mass is 9.63. The van der Waals surface area contributed by atoms with E-state index in [-0.39, 0.29) is 16.2 Å². The molecule has 0 fully saturated rings. The highest BCUT2D eigenvalue weighted by molar-refractivity contribution is 6.08. The predicted octanol–water partition coefficient (Wildman–Crippen LogP) is 21.2. The second kappa shape index (κ2) is 31.1. The molecule has 456 valence electrons. The third-order valence-corrected chi connectivity index (χ3v) is 19.3. The summed E-state index contributed by atoms with van der Waals surface area (Å²) in [5.41, 5.74) is 21.2. The third kappa shape index (κ3) is 14.2. The van der Waals surface area contributed by atoms with E-state index in [1.807, 2.05) is 20.8 Å². The highest BCUT2D eigenvalue weighted by Crippen LogP contribution is 2.71. The van der Waals surface area contributed by atoms with E-state index < -0.39 is 17.9 Å². The van der Waals surface area contributed by atoms with Crippen molar-refractivity contribution in [3.8, 4) is 33.4 Å². The molecule has 0 heterocycles. The lowest BCUT2D eigenvalue weighted by molar-refractivity contribution is -0.141. The summed E-state index contributed by atoms with van der Waals surface area (Å²) in [6, 6.07) is 21.5. The van der Waals surface area contributed by atoms with E-state index in [0.29, 0.717) is 17.1 Å². The largest absolute Gasteiger partial charge is 0.331 e. The quantitative estimate of drug-likeness (QED) is 0.0194. The number of benzene rings is 4. The van der Waals surface area contributed by atoms with Gasteiger partial charge in [0.05, 0.1) is 17.1 Å². The van der Waals surface area contributed by atoms with Gasteiger partial charge in [-0.25, -0.2) is 14.4 Å². The SMILES string of the molecule is CCCCCCC1(CCCCCC)c2cc(/C(C)=N\OC(C)=O)ccc2-c2c1c1c(c3c2C(CCCCCC)(CCCCCC)c2cc(/C(C)=N\OC(C)=O)ccc2-3)C(CCCCCC)(CCCCCC)c2cc(/C(C)=N\OC(C)=O)ccc2-1. The Kier molecular flexibility index (Phi) is 24.4. The van der Waals surface area contributed by atoms with Crippen molar-refractivity contribution in [3.05, 3.63) is 105 Å². The van der Waals surface area contributed by atoms with Crippen LogP contribution in [0.15, 0.2) is 70.1 Å². The molecule has 0 aromatic heterocycles. The maximum Gasteiger partial charge on any atom is 0.331 e. The van der Waals surface area contributed by atoms with E-state index in [4.69, 9.17) is 14.5 Å². The molecule has 84 heavy (non-hydrogen) atoms. The summed E-state index contributed by atoms with van der Waals surface area (Å²) in [5.74, 6) is -1.28. The molecule has 0 unspecified atom stereocenters. The normalized spacial score (nSPS) is 15.1. The zero-order valence-corrected chi connectivity index (χ0v) is 54.2. The Hall–Kier alpha value is -5.70. The minimum absolute atomic E-state index is 0.352. The molecular formula is C75H105N3O6. The lowest BCUT2D eigenvalue weighted by Crippen LogP contribution is -2.31. The van der Waals surface area contributed by atoms with Crippen molar-refractivity contribution < 1.29 is 28.9 Å². The molecule has 0 N–H and O–H groups in total. The van der Waals surface area contributed by atoms with E-state index in [0.717, 1.165) is 132 Å². The Morgan fingerprint density at radius 3 is 0.726 bits per heavy atom. The summed E-state index contributed by atoms with van der Waals surface area (Å²) in [4.78, 5) is 53.3. The fourth-order valence-corrected chi connectivity index (χ4v) is 15.2. The second-order valence-corrected chi connectivity index (χ2v) is 25.4. The Morgan fingerprint density at radius 2 is 0.536 bits per heavy atom. The summed E-state index contributed by atoms with van der Waals surface area (Å²) in [5, 5.41) is 13.4. The topological polar surface area (TPSA) is 116 Å². The third-order valence-electron chi connectivity index (χ3n) is 19.3. The molecule has 0 radical (unpaired) electrons. The van der Waals surface area contributed by atoms with Gasteiger partial charge < -0.3 is 14.5 Å². The van der Waals surface area contributed by atoms with Crippen LogP contribution in [-0.2, 0) is 45.1 Å². The molecule has 4 aromatic carbocycles. The Labute approximate surface area is 507 Å². The van der Waals surface area contributed by atoms with Gasteiger partial charge in [-0.05, 0) is 161 Å². The summed E-state index contributed by atoms with van der Waals surface area (Å²) in [6.07, 6.45) is 33.9. The van der Waals surface area contributed by atoms with Crippen molar-refractivity contribution in [3.63, 3.8) is 0 Å². The lowest BCUT2D eigenvalue weighted by Gasteiger charge is -2.40. The van der Waals surface area contributed by atoms with Crippen molar-refractivity contribution >= 4 is 35.0 Å². The van der Waals surface area contributed by atoms with Gasteiger partial charge in [-0.2, -0.15) is 0 Å². The highest BCUT2D eigenvalue weighted by atomic mass is 16.7. The molecule has 9 heteroatoms. The van der Waals surface area contributed by atoms with Gasteiger partial charge in [0.15, 0.2) is 0 Å². The average molecular weight is 1140 g/mol. The van der Waals surface area contributed by atoms with Gasteiger partial charge in [0, 0.05) is 37.0 Å². The van der Waals surface area contributed by atoms with Gasteiger partial charge >= 0.3 is 17.9 Å². The van der Waals surface area contributed by atoms with Crippen LogP contribution in [0.5, 0.6) is 0 Å². The number of unbranched alkanes of at least 4 members (excludes halogenated alkanes) is 18. The van der Waals surface area contributed by atoms with Crippen LogP contribution >= 0.6 is 0 Å². The standard InChI is InChI=1S/C75H105N3O6/c1-13-19-25-31-43-73(44-32-26-20-14-2)64-49-58(52(7)76-82-55(10)79)37-40-61(64)67-70(73)68-62-41-38-59(53(8)77-83-56(11)80)50-65(62)74(45-33-27-21-15-3,46-34-28-22-16-4)72(68)69-63-42-39-60(54(9)78-84-57(12)81)51-66(63)75(71(67)69,47-35-29-23-17-5)48-36-30-24-18-6/h37-42,49-51H,13-36,43-48H2,1-12H3/b76-52-,77-53-,78-54-. The molecule has 0 bridgehead atoms. The molecule has 4 aromatic rings. The first-order valence-corrected chi connectivity index (χ1v) is 33.5. The van der Waals surface area contributed by atoms with Crippen molar-refractivity contribution in [2.75, 3.05) is 0 Å². The molecule has 9 nitrogen and oxygen atoms in total. The van der Waals surface area contributed by atoms with Crippen molar-refractivity contribution in [2.45, 2.75) is 292 Å². The van der Waals surface area contributed by atoms with Gasteiger partial charge in [-0.1, -0.05) is 248 Å². The zero-order chi connectivity index (χ0) is 60.4. The minimum atomic E-state index is -0.428. The second-order valence-electron chi connectivity index (χ2n) is 25.4. The predicted molar refractivity (Wildman–Crippen MR) is 350 cm³/mol. The Morgan fingerprint density at radius 1 is 0.321 bits per heavy atom. The van der Waals surface area contributed by atoms with Crippen molar-refractivity contribution in [1.29, 1.82) is 0 Å². The first kappa shape index (κ1) is 65.8. The van der Waals surface area contributed by atoms with Crippen LogP contribution in [0.2, 0.25) is 0 Å². The van der Waals surface area contributed by atoms with Crippen LogP contribution < -0.4 is 0 Å². The Bertz CT molecular complexity index is 2640. The van der Waals surface area contributed by atoms with Crippen LogP contribution in [-0.4, -0.2) is 35.0 Å².